The number of benzene rings is 1. The molecule has 2 aromatic rings. The predicted molar refractivity (Wildman–Crippen MR) is 85.7 cm³/mol. The van der Waals surface area contributed by atoms with Crippen LogP contribution in [-0.4, -0.2) is 23.6 Å². The van der Waals surface area contributed by atoms with Gasteiger partial charge in [-0.2, -0.15) is 0 Å². The lowest BCUT2D eigenvalue weighted by Gasteiger charge is -2.09. The Hall–Kier alpha value is -2.34. The Bertz CT molecular complexity index is 740. The summed E-state index contributed by atoms with van der Waals surface area (Å²) in [5.74, 6) is -0.680. The van der Waals surface area contributed by atoms with E-state index in [1.807, 2.05) is 13.8 Å². The Morgan fingerprint density at radius 1 is 1.35 bits per heavy atom. The predicted octanol–water partition coefficient (Wildman–Crippen LogP) is 3.30. The van der Waals surface area contributed by atoms with E-state index in [4.69, 9.17) is 20.9 Å². The SMILES string of the molecule is CCc1noc(C)c1C(=O)OCC(=O)Nc1ccc(Cl)cc1C. The lowest BCUT2D eigenvalue weighted by molar-refractivity contribution is -0.119. The number of aryl methyl sites for hydroxylation is 3. The highest BCUT2D eigenvalue weighted by atomic mass is 35.5. The third kappa shape index (κ3) is 4.10. The van der Waals surface area contributed by atoms with Crippen LogP contribution in [0.2, 0.25) is 5.02 Å². The molecule has 0 unspecified atom stereocenters. The van der Waals surface area contributed by atoms with Gasteiger partial charge in [-0.3, -0.25) is 4.79 Å². The third-order valence-corrected chi connectivity index (χ3v) is 3.50. The van der Waals surface area contributed by atoms with Crippen LogP contribution in [0.5, 0.6) is 0 Å². The largest absolute Gasteiger partial charge is 0.452 e. The Morgan fingerprint density at radius 3 is 2.74 bits per heavy atom. The van der Waals surface area contributed by atoms with E-state index in [0.29, 0.717) is 28.6 Å². The normalized spacial score (nSPS) is 10.4. The first-order chi connectivity index (χ1) is 10.9. The summed E-state index contributed by atoms with van der Waals surface area (Å²) in [4.78, 5) is 24.0. The highest BCUT2D eigenvalue weighted by Gasteiger charge is 2.21. The number of halogens is 1. The van der Waals surface area contributed by atoms with Crippen LogP contribution in [0.3, 0.4) is 0 Å². The summed E-state index contributed by atoms with van der Waals surface area (Å²) in [7, 11) is 0. The minimum atomic E-state index is -0.622. The van der Waals surface area contributed by atoms with Gasteiger partial charge in [-0.25, -0.2) is 4.79 Å². The Balaban J connectivity index is 1.96. The molecular weight excluding hydrogens is 320 g/mol. The monoisotopic (exact) mass is 336 g/mol. The van der Waals surface area contributed by atoms with Crippen LogP contribution in [0.4, 0.5) is 5.69 Å². The smallest absolute Gasteiger partial charge is 0.344 e. The van der Waals surface area contributed by atoms with Gasteiger partial charge in [0.1, 0.15) is 11.3 Å². The maximum atomic E-state index is 12.1. The molecule has 0 atom stereocenters. The molecule has 0 saturated carbocycles. The van der Waals surface area contributed by atoms with E-state index in [0.717, 1.165) is 5.56 Å². The van der Waals surface area contributed by atoms with Crippen LogP contribution in [0.25, 0.3) is 0 Å². The van der Waals surface area contributed by atoms with E-state index in [2.05, 4.69) is 10.5 Å². The van der Waals surface area contributed by atoms with Crippen LogP contribution in [0.1, 0.15) is 34.3 Å². The third-order valence-electron chi connectivity index (χ3n) is 3.27. The molecule has 122 valence electrons. The van der Waals surface area contributed by atoms with E-state index >= 15 is 0 Å². The number of carbonyl (C=O) groups is 2. The zero-order valence-corrected chi connectivity index (χ0v) is 13.9. The van der Waals surface area contributed by atoms with Crippen LogP contribution in [0.15, 0.2) is 22.7 Å². The molecule has 0 spiro atoms. The van der Waals surface area contributed by atoms with E-state index in [9.17, 15) is 9.59 Å². The van der Waals surface area contributed by atoms with E-state index < -0.39 is 18.5 Å². The fourth-order valence-corrected chi connectivity index (χ4v) is 2.30. The molecule has 1 heterocycles. The molecular formula is C16H17ClN2O4. The first-order valence-electron chi connectivity index (χ1n) is 7.10. The second kappa shape index (κ2) is 7.28. The van der Waals surface area contributed by atoms with Gasteiger partial charge in [0.25, 0.3) is 5.91 Å². The van der Waals surface area contributed by atoms with Crippen LogP contribution < -0.4 is 5.32 Å². The molecule has 0 radical (unpaired) electrons. The Kier molecular flexibility index (Phi) is 5.39. The molecule has 2 rings (SSSR count). The Labute approximate surface area is 138 Å². The van der Waals surface area contributed by atoms with Gasteiger partial charge in [-0.15, -0.1) is 0 Å². The van der Waals surface area contributed by atoms with Gasteiger partial charge >= 0.3 is 5.97 Å². The number of rotatable bonds is 5. The van der Waals surface area contributed by atoms with Gasteiger partial charge in [0.2, 0.25) is 0 Å². The average Bonchev–Trinajstić information content (AvgIpc) is 2.88. The van der Waals surface area contributed by atoms with Crippen molar-refractivity contribution < 1.29 is 18.8 Å². The summed E-state index contributed by atoms with van der Waals surface area (Å²) in [5, 5.41) is 7.03. The van der Waals surface area contributed by atoms with Gasteiger partial charge in [-0.05, 0) is 44.0 Å². The maximum absolute atomic E-state index is 12.1. The summed E-state index contributed by atoms with van der Waals surface area (Å²) >= 11 is 5.86. The van der Waals surface area contributed by atoms with Gasteiger partial charge in [0, 0.05) is 10.7 Å². The molecule has 0 aliphatic carbocycles. The van der Waals surface area contributed by atoms with E-state index in [1.165, 1.54) is 0 Å². The lowest BCUT2D eigenvalue weighted by atomic mass is 10.1. The number of hydrogen-bond donors (Lipinski definition) is 1. The van der Waals surface area contributed by atoms with Gasteiger partial charge < -0.3 is 14.6 Å². The maximum Gasteiger partial charge on any atom is 0.344 e. The first kappa shape index (κ1) is 17.0. The van der Waals surface area contributed by atoms with Crippen molar-refractivity contribution in [2.75, 3.05) is 11.9 Å². The minimum absolute atomic E-state index is 0.281. The van der Waals surface area contributed by atoms with Crippen molar-refractivity contribution in [2.24, 2.45) is 0 Å². The average molecular weight is 337 g/mol. The highest BCUT2D eigenvalue weighted by molar-refractivity contribution is 6.30. The number of esters is 1. The second-order valence-corrected chi connectivity index (χ2v) is 5.43. The molecule has 0 bridgehead atoms. The summed E-state index contributed by atoms with van der Waals surface area (Å²) < 4.78 is 10.0. The number of aromatic nitrogens is 1. The van der Waals surface area contributed by atoms with Crippen molar-refractivity contribution in [1.29, 1.82) is 0 Å². The highest BCUT2D eigenvalue weighted by Crippen LogP contribution is 2.19. The summed E-state index contributed by atoms with van der Waals surface area (Å²) in [6.45, 7) is 4.90. The first-order valence-corrected chi connectivity index (χ1v) is 7.48. The zero-order valence-electron chi connectivity index (χ0n) is 13.1. The summed E-state index contributed by atoms with van der Waals surface area (Å²) in [6, 6.07) is 5.10. The van der Waals surface area contributed by atoms with Gasteiger partial charge in [0.05, 0.1) is 5.69 Å². The van der Waals surface area contributed by atoms with E-state index in [-0.39, 0.29) is 5.56 Å². The van der Waals surface area contributed by atoms with Crippen molar-refractivity contribution in [3.8, 4) is 0 Å². The fourth-order valence-electron chi connectivity index (χ4n) is 2.08. The second-order valence-electron chi connectivity index (χ2n) is 5.00. The van der Waals surface area contributed by atoms with Crippen molar-refractivity contribution in [3.05, 3.63) is 45.8 Å². The fraction of sp³-hybridized carbons (Fsp3) is 0.312. The quantitative estimate of drug-likeness (QED) is 0.847. The number of anilines is 1. The van der Waals surface area contributed by atoms with Gasteiger partial charge in [0.15, 0.2) is 6.61 Å². The molecule has 7 heteroatoms. The van der Waals surface area contributed by atoms with E-state index in [1.54, 1.807) is 25.1 Å². The van der Waals surface area contributed by atoms with Crippen molar-refractivity contribution in [3.63, 3.8) is 0 Å². The molecule has 1 aromatic heterocycles. The van der Waals surface area contributed by atoms with Crippen LogP contribution >= 0.6 is 11.6 Å². The number of carbonyl (C=O) groups excluding carboxylic acids is 2. The standard InChI is InChI=1S/C16H17ClN2O4/c1-4-12-15(10(3)23-19-12)16(21)22-8-14(20)18-13-6-5-11(17)7-9(13)2/h5-7H,4,8H2,1-3H3,(H,18,20). The molecule has 1 amide bonds. The molecule has 0 saturated heterocycles. The number of amides is 1. The molecule has 0 aliphatic rings. The minimum Gasteiger partial charge on any atom is -0.452 e. The zero-order chi connectivity index (χ0) is 17.0. The number of hydrogen-bond acceptors (Lipinski definition) is 5. The van der Waals surface area contributed by atoms with Crippen molar-refractivity contribution >= 4 is 29.2 Å². The summed E-state index contributed by atoms with van der Waals surface area (Å²) in [5.41, 5.74) is 2.23. The topological polar surface area (TPSA) is 81.4 Å². The molecule has 1 N–H and O–H groups in total. The lowest BCUT2D eigenvalue weighted by Crippen LogP contribution is -2.21. The molecule has 6 nitrogen and oxygen atoms in total. The molecule has 23 heavy (non-hydrogen) atoms. The van der Waals surface area contributed by atoms with Crippen LogP contribution in [0, 0.1) is 13.8 Å². The molecule has 0 aliphatic heterocycles. The molecule has 0 fully saturated rings. The van der Waals surface area contributed by atoms with Gasteiger partial charge in [-0.1, -0.05) is 23.7 Å². The number of nitrogens with zero attached hydrogens (tertiary/aromatic N) is 1. The van der Waals surface area contributed by atoms with Crippen molar-refractivity contribution in [2.45, 2.75) is 27.2 Å². The number of ether oxygens (including phenoxy) is 1. The number of nitrogens with one attached hydrogen (secondary N) is 1. The molecule has 1 aromatic carbocycles. The van der Waals surface area contributed by atoms with Crippen LogP contribution in [-0.2, 0) is 16.0 Å². The van der Waals surface area contributed by atoms with Crippen molar-refractivity contribution in [1.82, 2.24) is 5.16 Å². The summed E-state index contributed by atoms with van der Waals surface area (Å²) in [6.07, 6.45) is 0.540. The Morgan fingerprint density at radius 2 is 2.09 bits per heavy atom.